The Morgan fingerprint density at radius 3 is 2.81 bits per heavy atom. The third-order valence-corrected chi connectivity index (χ3v) is 5.32. The molecule has 1 heterocycles. The maximum absolute atomic E-state index is 11.9. The number of hydrogen-bond acceptors (Lipinski definition) is 4. The Balaban J connectivity index is 1.79. The number of rotatable bonds is 5. The standard InChI is InChI=1S/C14H19N3O3S/c1-15-21(19,20)12-5-2-10-6-7-17(13(10)8-12)9-14(18)16-11-3-4-11/h2,5,8,11,15H,3-4,6-7,9H2,1H3,(H,16,18). The average Bonchev–Trinajstić information content (AvgIpc) is 3.18. The van der Waals surface area contributed by atoms with Crippen LogP contribution in [0.3, 0.4) is 0 Å². The number of anilines is 1. The highest BCUT2D eigenvalue weighted by Gasteiger charge is 2.27. The molecule has 1 fully saturated rings. The molecular weight excluding hydrogens is 290 g/mol. The largest absolute Gasteiger partial charge is 0.362 e. The van der Waals surface area contributed by atoms with Crippen molar-refractivity contribution in [1.82, 2.24) is 10.0 Å². The summed E-state index contributed by atoms with van der Waals surface area (Å²) in [6.45, 7) is 1.03. The number of carbonyl (C=O) groups excluding carboxylic acids is 1. The highest BCUT2D eigenvalue weighted by Crippen LogP contribution is 2.30. The van der Waals surface area contributed by atoms with Crippen LogP contribution >= 0.6 is 0 Å². The van der Waals surface area contributed by atoms with E-state index in [0.717, 1.165) is 37.1 Å². The molecule has 0 unspecified atom stereocenters. The first-order chi connectivity index (χ1) is 9.99. The van der Waals surface area contributed by atoms with Crippen LogP contribution in [-0.2, 0) is 21.2 Å². The van der Waals surface area contributed by atoms with E-state index in [1.165, 1.54) is 7.05 Å². The average molecular weight is 309 g/mol. The molecule has 1 aliphatic carbocycles. The smallest absolute Gasteiger partial charge is 0.240 e. The third kappa shape index (κ3) is 3.03. The lowest BCUT2D eigenvalue weighted by Crippen LogP contribution is -2.37. The quantitative estimate of drug-likeness (QED) is 0.816. The van der Waals surface area contributed by atoms with Crippen LogP contribution in [0.4, 0.5) is 5.69 Å². The van der Waals surface area contributed by atoms with Crippen LogP contribution < -0.4 is 14.9 Å². The molecule has 114 valence electrons. The number of benzene rings is 1. The lowest BCUT2D eigenvalue weighted by atomic mass is 10.2. The Bertz CT molecular complexity index is 668. The van der Waals surface area contributed by atoms with E-state index in [0.29, 0.717) is 6.04 Å². The zero-order valence-corrected chi connectivity index (χ0v) is 12.7. The van der Waals surface area contributed by atoms with Gasteiger partial charge in [-0.15, -0.1) is 0 Å². The second-order valence-corrected chi connectivity index (χ2v) is 7.40. The molecule has 0 radical (unpaired) electrons. The van der Waals surface area contributed by atoms with Crippen molar-refractivity contribution in [3.05, 3.63) is 23.8 Å². The van der Waals surface area contributed by atoms with Crippen LogP contribution in [0.1, 0.15) is 18.4 Å². The van der Waals surface area contributed by atoms with Gasteiger partial charge in [-0.1, -0.05) is 6.07 Å². The summed E-state index contributed by atoms with van der Waals surface area (Å²) in [5.74, 6) is 0.00669. The summed E-state index contributed by atoms with van der Waals surface area (Å²) in [4.78, 5) is 14.1. The predicted molar refractivity (Wildman–Crippen MR) is 79.8 cm³/mol. The number of nitrogens with zero attached hydrogens (tertiary/aromatic N) is 1. The number of sulfonamides is 1. The molecule has 0 aromatic heterocycles. The van der Waals surface area contributed by atoms with Gasteiger partial charge in [0.05, 0.1) is 11.4 Å². The van der Waals surface area contributed by atoms with E-state index in [4.69, 9.17) is 0 Å². The molecule has 1 saturated carbocycles. The van der Waals surface area contributed by atoms with Gasteiger partial charge in [0.2, 0.25) is 15.9 Å². The number of amides is 1. The minimum absolute atomic E-state index is 0.00669. The van der Waals surface area contributed by atoms with Crippen LogP contribution in [0.5, 0.6) is 0 Å². The highest BCUT2D eigenvalue weighted by molar-refractivity contribution is 7.89. The molecule has 1 aromatic carbocycles. The van der Waals surface area contributed by atoms with E-state index in [-0.39, 0.29) is 17.3 Å². The molecular formula is C14H19N3O3S. The molecule has 2 N–H and O–H groups in total. The number of carbonyl (C=O) groups is 1. The Morgan fingerprint density at radius 2 is 2.14 bits per heavy atom. The van der Waals surface area contributed by atoms with Crippen molar-refractivity contribution in [3.8, 4) is 0 Å². The highest BCUT2D eigenvalue weighted by atomic mass is 32.2. The summed E-state index contributed by atoms with van der Waals surface area (Å²) in [6, 6.07) is 5.44. The van der Waals surface area contributed by atoms with Gasteiger partial charge in [0.25, 0.3) is 0 Å². The Kier molecular flexibility index (Phi) is 3.62. The third-order valence-electron chi connectivity index (χ3n) is 3.90. The summed E-state index contributed by atoms with van der Waals surface area (Å²) < 4.78 is 26.1. The molecule has 1 amide bonds. The lowest BCUT2D eigenvalue weighted by molar-refractivity contribution is -0.119. The molecule has 1 aromatic rings. The van der Waals surface area contributed by atoms with E-state index >= 15 is 0 Å². The lowest BCUT2D eigenvalue weighted by Gasteiger charge is -2.19. The van der Waals surface area contributed by atoms with Crippen molar-refractivity contribution in [2.75, 3.05) is 25.0 Å². The minimum atomic E-state index is -3.46. The summed E-state index contributed by atoms with van der Waals surface area (Å²) >= 11 is 0. The molecule has 6 nitrogen and oxygen atoms in total. The first kappa shape index (κ1) is 14.3. The fourth-order valence-electron chi connectivity index (χ4n) is 2.55. The SMILES string of the molecule is CNS(=O)(=O)c1ccc2c(c1)N(CC(=O)NC1CC1)CC2. The molecule has 7 heteroatoms. The number of nitrogens with one attached hydrogen (secondary N) is 2. The molecule has 0 spiro atoms. The molecule has 2 aliphatic rings. The molecule has 21 heavy (non-hydrogen) atoms. The summed E-state index contributed by atoms with van der Waals surface area (Å²) in [7, 11) is -2.07. The van der Waals surface area contributed by atoms with Gasteiger partial charge in [-0.3, -0.25) is 4.79 Å². The molecule has 0 bridgehead atoms. The maximum atomic E-state index is 11.9. The molecule has 1 aliphatic heterocycles. The van der Waals surface area contributed by atoms with Gasteiger partial charge in [-0.05, 0) is 44.0 Å². The second kappa shape index (κ2) is 5.31. The van der Waals surface area contributed by atoms with E-state index < -0.39 is 10.0 Å². The van der Waals surface area contributed by atoms with Crippen LogP contribution in [0.25, 0.3) is 0 Å². The maximum Gasteiger partial charge on any atom is 0.240 e. The molecule has 0 saturated heterocycles. The van der Waals surface area contributed by atoms with Gasteiger partial charge < -0.3 is 10.2 Å². The summed E-state index contributed by atoms with van der Waals surface area (Å²) in [5.41, 5.74) is 1.93. The van der Waals surface area contributed by atoms with Gasteiger partial charge in [0.15, 0.2) is 0 Å². The Morgan fingerprint density at radius 1 is 1.38 bits per heavy atom. The van der Waals surface area contributed by atoms with Gasteiger partial charge in [0, 0.05) is 18.3 Å². The molecule has 3 rings (SSSR count). The van der Waals surface area contributed by atoms with E-state index in [1.54, 1.807) is 12.1 Å². The number of hydrogen-bond donors (Lipinski definition) is 2. The van der Waals surface area contributed by atoms with E-state index in [9.17, 15) is 13.2 Å². The van der Waals surface area contributed by atoms with E-state index in [2.05, 4.69) is 10.0 Å². The van der Waals surface area contributed by atoms with Crippen molar-refractivity contribution in [1.29, 1.82) is 0 Å². The topological polar surface area (TPSA) is 78.5 Å². The predicted octanol–water partition coefficient (Wildman–Crippen LogP) is 0.236. The summed E-state index contributed by atoms with van der Waals surface area (Å²) in [5, 5.41) is 2.96. The monoisotopic (exact) mass is 309 g/mol. The van der Waals surface area contributed by atoms with Crippen LogP contribution in [0.2, 0.25) is 0 Å². The van der Waals surface area contributed by atoms with Crippen LogP contribution in [0, 0.1) is 0 Å². The van der Waals surface area contributed by atoms with Crippen LogP contribution in [0.15, 0.2) is 23.1 Å². The van der Waals surface area contributed by atoms with Crippen molar-refractivity contribution >= 4 is 21.6 Å². The summed E-state index contributed by atoms with van der Waals surface area (Å²) in [6.07, 6.45) is 2.96. The van der Waals surface area contributed by atoms with Gasteiger partial charge in [-0.25, -0.2) is 13.1 Å². The fourth-order valence-corrected chi connectivity index (χ4v) is 3.30. The zero-order chi connectivity index (χ0) is 15.0. The first-order valence-corrected chi connectivity index (χ1v) is 8.59. The van der Waals surface area contributed by atoms with E-state index in [1.807, 2.05) is 11.0 Å². The first-order valence-electron chi connectivity index (χ1n) is 7.10. The zero-order valence-electron chi connectivity index (χ0n) is 11.9. The Hall–Kier alpha value is -1.60. The van der Waals surface area contributed by atoms with Crippen LogP contribution in [-0.4, -0.2) is 40.5 Å². The second-order valence-electron chi connectivity index (χ2n) is 5.51. The van der Waals surface area contributed by atoms with Gasteiger partial charge >= 0.3 is 0 Å². The number of fused-ring (bicyclic) bond motifs is 1. The van der Waals surface area contributed by atoms with Crippen molar-refractivity contribution < 1.29 is 13.2 Å². The van der Waals surface area contributed by atoms with Crippen molar-refractivity contribution in [2.24, 2.45) is 0 Å². The normalized spacial score (nSPS) is 17.7. The minimum Gasteiger partial charge on any atom is -0.362 e. The Labute approximate surface area is 124 Å². The van der Waals surface area contributed by atoms with Gasteiger partial charge in [-0.2, -0.15) is 0 Å². The molecule has 0 atom stereocenters. The van der Waals surface area contributed by atoms with Crippen molar-refractivity contribution in [2.45, 2.75) is 30.2 Å². The van der Waals surface area contributed by atoms with Gasteiger partial charge in [0.1, 0.15) is 0 Å². The van der Waals surface area contributed by atoms with Crippen molar-refractivity contribution in [3.63, 3.8) is 0 Å². The fraction of sp³-hybridized carbons (Fsp3) is 0.500.